The summed E-state index contributed by atoms with van der Waals surface area (Å²) in [6.07, 6.45) is 2.19. The number of amides is 1. The van der Waals surface area contributed by atoms with Gasteiger partial charge in [0.25, 0.3) is 5.88 Å². The topological polar surface area (TPSA) is 69.7 Å². The van der Waals surface area contributed by atoms with Gasteiger partial charge in [-0.1, -0.05) is 27.2 Å². The Morgan fingerprint density at radius 2 is 2.00 bits per heavy atom. The van der Waals surface area contributed by atoms with E-state index in [1.807, 2.05) is 26.8 Å². The first-order chi connectivity index (χ1) is 12.6. The summed E-state index contributed by atoms with van der Waals surface area (Å²) in [5.41, 5.74) is 0.408. The van der Waals surface area contributed by atoms with Gasteiger partial charge in [-0.25, -0.2) is 9.78 Å². The molecule has 0 aromatic carbocycles. The van der Waals surface area contributed by atoms with Gasteiger partial charge >= 0.3 is 6.09 Å². The fourth-order valence-electron chi connectivity index (χ4n) is 2.36. The average Bonchev–Trinajstić information content (AvgIpc) is 2.54. The van der Waals surface area contributed by atoms with Crippen LogP contribution in [0.2, 0.25) is 0 Å². The SMILES string of the molecule is CCCCOc1cc(CC(NC(=O)OC(C)(C)C)C(C)C)c(Br)nc1OC. The second-order valence-electron chi connectivity index (χ2n) is 7.85. The Labute approximate surface area is 171 Å². The van der Waals surface area contributed by atoms with Crippen LogP contribution in [-0.4, -0.2) is 36.4 Å². The number of aromatic nitrogens is 1. The minimum absolute atomic E-state index is 0.102. The summed E-state index contributed by atoms with van der Waals surface area (Å²) in [6.45, 7) is 12.4. The Morgan fingerprint density at radius 1 is 1.33 bits per heavy atom. The Morgan fingerprint density at radius 3 is 2.52 bits per heavy atom. The summed E-state index contributed by atoms with van der Waals surface area (Å²) in [6, 6.07) is 1.83. The van der Waals surface area contributed by atoms with Crippen molar-refractivity contribution in [1.29, 1.82) is 0 Å². The van der Waals surface area contributed by atoms with Crippen LogP contribution in [0.1, 0.15) is 59.9 Å². The molecule has 1 N–H and O–H groups in total. The third kappa shape index (κ3) is 8.37. The quantitative estimate of drug-likeness (QED) is 0.422. The molecule has 0 aliphatic heterocycles. The minimum atomic E-state index is -0.534. The molecule has 1 heterocycles. The molecular formula is C20H33BrN2O4. The lowest BCUT2D eigenvalue weighted by Gasteiger charge is -2.26. The van der Waals surface area contributed by atoms with Gasteiger partial charge in [0.05, 0.1) is 13.7 Å². The van der Waals surface area contributed by atoms with E-state index >= 15 is 0 Å². The second-order valence-corrected chi connectivity index (χ2v) is 8.60. The van der Waals surface area contributed by atoms with Crippen LogP contribution in [0, 0.1) is 5.92 Å². The predicted molar refractivity (Wildman–Crippen MR) is 111 cm³/mol. The lowest BCUT2D eigenvalue weighted by Crippen LogP contribution is -2.43. The van der Waals surface area contributed by atoms with Gasteiger partial charge in [0.15, 0.2) is 5.75 Å². The molecule has 1 aromatic rings. The number of unbranched alkanes of at least 4 members (excludes halogenated alkanes) is 1. The van der Waals surface area contributed by atoms with Crippen molar-refractivity contribution in [2.45, 2.75) is 72.4 Å². The van der Waals surface area contributed by atoms with E-state index in [-0.39, 0.29) is 12.0 Å². The van der Waals surface area contributed by atoms with Crippen LogP contribution >= 0.6 is 15.9 Å². The zero-order valence-electron chi connectivity index (χ0n) is 17.5. The molecule has 0 radical (unpaired) electrons. The van der Waals surface area contributed by atoms with Crippen molar-refractivity contribution < 1.29 is 19.0 Å². The van der Waals surface area contributed by atoms with Crippen LogP contribution in [-0.2, 0) is 11.2 Å². The maximum absolute atomic E-state index is 12.2. The second kappa shape index (κ2) is 10.7. The molecule has 0 bridgehead atoms. The maximum atomic E-state index is 12.2. The number of nitrogens with zero attached hydrogens (tertiary/aromatic N) is 1. The largest absolute Gasteiger partial charge is 0.488 e. The molecule has 0 fully saturated rings. The number of carbonyl (C=O) groups excluding carboxylic acids is 1. The number of carbonyl (C=O) groups is 1. The molecule has 7 heteroatoms. The third-order valence-electron chi connectivity index (χ3n) is 3.88. The highest BCUT2D eigenvalue weighted by Crippen LogP contribution is 2.31. The number of alkyl carbamates (subject to hydrolysis) is 1. The monoisotopic (exact) mass is 444 g/mol. The van der Waals surface area contributed by atoms with Crippen molar-refractivity contribution in [2.24, 2.45) is 5.92 Å². The van der Waals surface area contributed by atoms with E-state index in [9.17, 15) is 4.79 Å². The van der Waals surface area contributed by atoms with E-state index in [0.29, 0.717) is 29.3 Å². The summed E-state index contributed by atoms with van der Waals surface area (Å²) in [5.74, 6) is 1.28. The smallest absolute Gasteiger partial charge is 0.407 e. The molecular weight excluding hydrogens is 412 g/mol. The number of halogens is 1. The molecule has 6 nitrogen and oxygen atoms in total. The van der Waals surface area contributed by atoms with E-state index in [2.05, 4.69) is 47.0 Å². The van der Waals surface area contributed by atoms with Crippen LogP contribution in [0.25, 0.3) is 0 Å². The molecule has 154 valence electrons. The number of pyridine rings is 1. The fraction of sp³-hybridized carbons (Fsp3) is 0.700. The zero-order chi connectivity index (χ0) is 20.6. The molecule has 1 unspecified atom stereocenters. The Balaban J connectivity index is 2.97. The highest BCUT2D eigenvalue weighted by atomic mass is 79.9. The first kappa shape index (κ1) is 23.5. The van der Waals surface area contributed by atoms with Gasteiger partial charge in [0.2, 0.25) is 0 Å². The van der Waals surface area contributed by atoms with E-state index in [4.69, 9.17) is 14.2 Å². The van der Waals surface area contributed by atoms with Crippen LogP contribution in [0.15, 0.2) is 10.7 Å². The molecule has 0 aliphatic rings. The van der Waals surface area contributed by atoms with E-state index in [1.54, 1.807) is 7.11 Å². The number of hydrogen-bond acceptors (Lipinski definition) is 5. The first-order valence-corrected chi connectivity index (χ1v) is 10.2. The van der Waals surface area contributed by atoms with Crippen molar-refractivity contribution >= 4 is 22.0 Å². The van der Waals surface area contributed by atoms with Gasteiger partial charge in [0.1, 0.15) is 10.2 Å². The molecule has 0 saturated heterocycles. The number of rotatable bonds is 9. The molecule has 1 aromatic heterocycles. The van der Waals surface area contributed by atoms with E-state index < -0.39 is 11.7 Å². The molecule has 1 atom stereocenters. The molecule has 0 saturated carbocycles. The number of nitrogens with one attached hydrogen (secondary N) is 1. The van der Waals surface area contributed by atoms with Gasteiger partial charge in [0, 0.05) is 6.04 Å². The standard InChI is InChI=1S/C20H33BrN2O4/c1-8-9-10-26-16-12-14(17(21)23-18(16)25-7)11-15(13(2)3)22-19(24)27-20(4,5)6/h12-13,15H,8-11H2,1-7H3,(H,22,24). The Hall–Kier alpha value is -1.50. The molecule has 1 amide bonds. The van der Waals surface area contributed by atoms with E-state index in [1.165, 1.54) is 0 Å². The zero-order valence-corrected chi connectivity index (χ0v) is 19.1. The van der Waals surface area contributed by atoms with Gasteiger partial charge < -0.3 is 19.5 Å². The Kier molecular flexibility index (Phi) is 9.36. The summed E-state index contributed by atoms with van der Waals surface area (Å²) in [4.78, 5) is 16.6. The van der Waals surface area contributed by atoms with Crippen molar-refractivity contribution in [1.82, 2.24) is 10.3 Å². The molecule has 1 rings (SSSR count). The van der Waals surface area contributed by atoms with Gasteiger partial charge in [-0.2, -0.15) is 0 Å². The first-order valence-electron chi connectivity index (χ1n) is 9.43. The normalized spacial score (nSPS) is 12.6. The average molecular weight is 445 g/mol. The molecule has 27 heavy (non-hydrogen) atoms. The van der Waals surface area contributed by atoms with Gasteiger partial charge in [-0.05, 0) is 67.1 Å². The lowest BCUT2D eigenvalue weighted by molar-refractivity contribution is 0.0490. The predicted octanol–water partition coefficient (Wildman–Crippen LogP) is 5.12. The van der Waals surface area contributed by atoms with Gasteiger partial charge in [-0.15, -0.1) is 0 Å². The van der Waals surface area contributed by atoms with Crippen LogP contribution in [0.3, 0.4) is 0 Å². The summed E-state index contributed by atoms with van der Waals surface area (Å²) >= 11 is 3.51. The summed E-state index contributed by atoms with van der Waals surface area (Å²) < 4.78 is 17.2. The third-order valence-corrected chi connectivity index (χ3v) is 4.56. The van der Waals surface area contributed by atoms with Crippen molar-refractivity contribution in [3.63, 3.8) is 0 Å². The number of hydrogen-bond donors (Lipinski definition) is 1. The number of methoxy groups -OCH3 is 1. The molecule has 0 spiro atoms. The summed E-state index contributed by atoms with van der Waals surface area (Å²) in [5, 5.41) is 2.97. The van der Waals surface area contributed by atoms with Crippen molar-refractivity contribution in [3.8, 4) is 11.6 Å². The number of ether oxygens (including phenoxy) is 3. The highest BCUT2D eigenvalue weighted by Gasteiger charge is 2.23. The maximum Gasteiger partial charge on any atom is 0.407 e. The van der Waals surface area contributed by atoms with Gasteiger partial charge in [-0.3, -0.25) is 0 Å². The van der Waals surface area contributed by atoms with Crippen LogP contribution in [0.4, 0.5) is 4.79 Å². The minimum Gasteiger partial charge on any atom is -0.488 e. The van der Waals surface area contributed by atoms with Crippen LogP contribution < -0.4 is 14.8 Å². The summed E-state index contributed by atoms with van der Waals surface area (Å²) in [7, 11) is 1.57. The fourth-order valence-corrected chi connectivity index (χ4v) is 2.80. The highest BCUT2D eigenvalue weighted by molar-refractivity contribution is 9.10. The van der Waals surface area contributed by atoms with E-state index in [0.717, 1.165) is 18.4 Å². The lowest BCUT2D eigenvalue weighted by atomic mass is 9.97. The molecule has 0 aliphatic carbocycles. The van der Waals surface area contributed by atoms with Crippen LogP contribution in [0.5, 0.6) is 11.6 Å². The van der Waals surface area contributed by atoms with Crippen molar-refractivity contribution in [2.75, 3.05) is 13.7 Å². The Bertz CT molecular complexity index is 615. The van der Waals surface area contributed by atoms with Crippen molar-refractivity contribution in [3.05, 3.63) is 16.2 Å².